The van der Waals surface area contributed by atoms with Crippen LogP contribution in [0.25, 0.3) is 0 Å². The second kappa shape index (κ2) is 9.57. The molecule has 0 spiro atoms. The molecule has 0 aliphatic carbocycles. The highest BCUT2D eigenvalue weighted by molar-refractivity contribution is 7.89. The third-order valence-corrected chi connectivity index (χ3v) is 5.16. The van der Waals surface area contributed by atoms with Gasteiger partial charge in [-0.3, -0.25) is 9.59 Å². The molecule has 0 bridgehead atoms. The number of hydrogen-bond donors (Lipinski definition) is 2. The zero-order valence-corrected chi connectivity index (χ0v) is 16.8. The lowest BCUT2D eigenvalue weighted by molar-refractivity contribution is -0.149. The van der Waals surface area contributed by atoms with Crippen LogP contribution < -0.4 is 10.0 Å². The highest BCUT2D eigenvalue weighted by atomic mass is 35.5. The molecular weight excluding hydrogens is 425 g/mol. The van der Waals surface area contributed by atoms with Crippen molar-refractivity contribution < 1.29 is 35.9 Å². The Kier molecular flexibility index (Phi) is 8.27. The maximum Gasteiger partial charge on any atom is 0.417 e. The van der Waals surface area contributed by atoms with E-state index in [1.165, 1.54) is 0 Å². The van der Waals surface area contributed by atoms with Gasteiger partial charge in [0.2, 0.25) is 10.0 Å². The molecule has 1 aromatic carbocycles. The lowest BCUT2D eigenvalue weighted by Crippen LogP contribution is -2.41. The van der Waals surface area contributed by atoms with Gasteiger partial charge in [0, 0.05) is 6.54 Å². The fraction of sp³-hybridized carbons (Fsp3) is 0.500. The molecule has 1 aromatic rings. The summed E-state index contributed by atoms with van der Waals surface area (Å²) < 4.78 is 69.7. The minimum Gasteiger partial charge on any atom is -0.454 e. The summed E-state index contributed by atoms with van der Waals surface area (Å²) >= 11 is 5.46. The topological polar surface area (TPSA) is 102 Å². The molecule has 7 nitrogen and oxygen atoms in total. The van der Waals surface area contributed by atoms with Crippen molar-refractivity contribution in [2.45, 2.75) is 37.9 Å². The molecule has 0 aliphatic heterocycles. The summed E-state index contributed by atoms with van der Waals surface area (Å²) in [5.41, 5.74) is -1.32. The number of rotatable bonds is 8. The average Bonchev–Trinajstić information content (AvgIpc) is 2.56. The predicted molar refractivity (Wildman–Crippen MR) is 95.0 cm³/mol. The molecule has 12 heteroatoms. The summed E-state index contributed by atoms with van der Waals surface area (Å²) in [7, 11) is -4.47. The Bertz CT molecular complexity index is 828. The first-order chi connectivity index (χ1) is 12.7. The highest BCUT2D eigenvalue weighted by Crippen LogP contribution is 2.35. The van der Waals surface area contributed by atoms with Gasteiger partial charge in [-0.25, -0.2) is 8.42 Å². The maximum absolute atomic E-state index is 12.9. The molecule has 0 aliphatic rings. The van der Waals surface area contributed by atoms with Crippen LogP contribution in [-0.2, 0) is 30.5 Å². The van der Waals surface area contributed by atoms with Gasteiger partial charge >= 0.3 is 12.1 Å². The fourth-order valence-electron chi connectivity index (χ4n) is 1.87. The van der Waals surface area contributed by atoms with Gasteiger partial charge in [0.15, 0.2) is 6.61 Å². The zero-order valence-electron chi connectivity index (χ0n) is 15.3. The van der Waals surface area contributed by atoms with Crippen LogP contribution in [0.15, 0.2) is 23.1 Å². The lowest BCUT2D eigenvalue weighted by Gasteiger charge is -2.15. The van der Waals surface area contributed by atoms with Gasteiger partial charge in [-0.2, -0.15) is 17.9 Å². The van der Waals surface area contributed by atoms with Crippen LogP contribution in [0.1, 0.15) is 26.3 Å². The van der Waals surface area contributed by atoms with Gasteiger partial charge in [-0.1, -0.05) is 25.4 Å². The quantitative estimate of drug-likeness (QED) is 0.599. The Hall–Kier alpha value is -1.85. The molecule has 0 aromatic heterocycles. The third kappa shape index (κ3) is 7.28. The Morgan fingerprint density at radius 1 is 1.21 bits per heavy atom. The van der Waals surface area contributed by atoms with Crippen molar-refractivity contribution in [3.63, 3.8) is 0 Å². The zero-order chi connectivity index (χ0) is 21.7. The van der Waals surface area contributed by atoms with Crippen molar-refractivity contribution in [3.8, 4) is 0 Å². The number of esters is 1. The van der Waals surface area contributed by atoms with E-state index in [2.05, 4.69) is 5.32 Å². The molecule has 1 atom stereocenters. The van der Waals surface area contributed by atoms with E-state index >= 15 is 0 Å². The van der Waals surface area contributed by atoms with Crippen LogP contribution in [0.3, 0.4) is 0 Å². The van der Waals surface area contributed by atoms with E-state index in [0.717, 1.165) is 19.1 Å². The fourth-order valence-corrected chi connectivity index (χ4v) is 3.31. The van der Waals surface area contributed by atoms with Gasteiger partial charge in [0.25, 0.3) is 5.91 Å². The summed E-state index contributed by atoms with van der Waals surface area (Å²) in [4.78, 5) is 22.6. The van der Waals surface area contributed by atoms with E-state index in [-0.39, 0.29) is 5.92 Å². The third-order valence-electron chi connectivity index (χ3n) is 3.29. The summed E-state index contributed by atoms with van der Waals surface area (Å²) in [5, 5.41) is 1.84. The molecule has 0 saturated carbocycles. The first-order valence-electron chi connectivity index (χ1n) is 8.06. The number of carbonyl (C=O) groups excluding carboxylic acids is 2. The summed E-state index contributed by atoms with van der Waals surface area (Å²) in [5.74, 6) is -1.44. The van der Waals surface area contributed by atoms with Crippen molar-refractivity contribution in [3.05, 3.63) is 28.8 Å². The average molecular weight is 445 g/mol. The molecule has 0 heterocycles. The molecule has 1 amide bonds. The second-order valence-corrected chi connectivity index (χ2v) is 8.41. The Labute approximate surface area is 165 Å². The van der Waals surface area contributed by atoms with E-state index < -0.39 is 56.2 Å². The van der Waals surface area contributed by atoms with Crippen LogP contribution in [0.5, 0.6) is 0 Å². The van der Waals surface area contributed by atoms with Gasteiger partial charge < -0.3 is 10.1 Å². The van der Waals surface area contributed by atoms with Crippen LogP contribution in [0.2, 0.25) is 5.02 Å². The second-order valence-electron chi connectivity index (χ2n) is 6.29. The number of halogens is 4. The number of hydrogen-bond acceptors (Lipinski definition) is 5. The SMILES string of the molecule is CC(C)CNC(=O)COC(=O)C(C)NS(=O)(=O)c1ccc(Cl)c(C(F)(F)F)c1. The van der Waals surface area contributed by atoms with E-state index in [9.17, 15) is 31.2 Å². The van der Waals surface area contributed by atoms with Crippen molar-refractivity contribution in [1.29, 1.82) is 0 Å². The number of nitrogens with one attached hydrogen (secondary N) is 2. The standard InChI is InChI=1S/C16H20ClF3N2O5S/c1-9(2)7-21-14(23)8-27-15(24)10(3)22-28(25,26)11-4-5-13(17)12(6-11)16(18,19)20/h4-6,9-10,22H,7-8H2,1-3H3,(H,21,23). The molecule has 2 N–H and O–H groups in total. The molecule has 0 fully saturated rings. The normalized spacial score (nSPS) is 13.3. The van der Waals surface area contributed by atoms with Gasteiger partial charge in [0.1, 0.15) is 6.04 Å². The molecular formula is C16H20ClF3N2O5S. The van der Waals surface area contributed by atoms with Gasteiger partial charge in [-0.15, -0.1) is 0 Å². The number of benzene rings is 1. The van der Waals surface area contributed by atoms with E-state index in [0.29, 0.717) is 12.6 Å². The largest absolute Gasteiger partial charge is 0.454 e. The number of sulfonamides is 1. The van der Waals surface area contributed by atoms with Crippen LogP contribution in [-0.4, -0.2) is 39.5 Å². The lowest BCUT2D eigenvalue weighted by atomic mass is 10.2. The Morgan fingerprint density at radius 3 is 2.36 bits per heavy atom. The van der Waals surface area contributed by atoms with Gasteiger partial charge in [0.05, 0.1) is 15.5 Å². The Balaban J connectivity index is 2.78. The Morgan fingerprint density at radius 2 is 1.82 bits per heavy atom. The monoisotopic (exact) mass is 444 g/mol. The highest BCUT2D eigenvalue weighted by Gasteiger charge is 2.35. The van der Waals surface area contributed by atoms with E-state index in [4.69, 9.17) is 16.3 Å². The minimum atomic E-state index is -4.85. The van der Waals surface area contributed by atoms with Crippen LogP contribution in [0, 0.1) is 5.92 Å². The molecule has 0 saturated heterocycles. The minimum absolute atomic E-state index is 0.186. The smallest absolute Gasteiger partial charge is 0.417 e. The molecule has 158 valence electrons. The number of ether oxygens (including phenoxy) is 1. The maximum atomic E-state index is 12.9. The van der Waals surface area contributed by atoms with E-state index in [1.54, 1.807) is 0 Å². The van der Waals surface area contributed by atoms with Crippen molar-refractivity contribution in [2.24, 2.45) is 5.92 Å². The van der Waals surface area contributed by atoms with Gasteiger partial charge in [-0.05, 0) is 31.0 Å². The van der Waals surface area contributed by atoms with E-state index in [1.807, 2.05) is 18.6 Å². The van der Waals surface area contributed by atoms with Crippen LogP contribution >= 0.6 is 11.6 Å². The number of carbonyl (C=O) groups is 2. The first-order valence-corrected chi connectivity index (χ1v) is 9.92. The number of amides is 1. The molecule has 1 rings (SSSR count). The summed E-state index contributed by atoms with van der Waals surface area (Å²) in [6.07, 6.45) is -4.85. The molecule has 1 unspecified atom stereocenters. The summed E-state index contributed by atoms with van der Waals surface area (Å²) in [6, 6.07) is 0.591. The van der Waals surface area contributed by atoms with Crippen molar-refractivity contribution in [1.82, 2.24) is 10.0 Å². The molecule has 28 heavy (non-hydrogen) atoms. The number of alkyl halides is 3. The van der Waals surface area contributed by atoms with Crippen molar-refractivity contribution >= 4 is 33.5 Å². The summed E-state index contributed by atoms with van der Waals surface area (Å²) in [6.45, 7) is 4.62. The van der Waals surface area contributed by atoms with Crippen molar-refractivity contribution in [2.75, 3.05) is 13.2 Å². The molecule has 0 radical (unpaired) electrons. The van der Waals surface area contributed by atoms with Crippen LogP contribution in [0.4, 0.5) is 13.2 Å². The first kappa shape index (κ1) is 24.2. The predicted octanol–water partition coefficient (Wildman–Crippen LogP) is 2.34.